The zero-order valence-electron chi connectivity index (χ0n) is 16.3. The summed E-state index contributed by atoms with van der Waals surface area (Å²) in [5.74, 6) is 1.97. The Labute approximate surface area is 165 Å². The van der Waals surface area contributed by atoms with E-state index < -0.39 is 0 Å². The Morgan fingerprint density at radius 3 is 2.71 bits per heavy atom. The maximum atomic E-state index is 12.2. The van der Waals surface area contributed by atoms with Crippen molar-refractivity contribution in [3.05, 3.63) is 29.8 Å². The summed E-state index contributed by atoms with van der Waals surface area (Å²) >= 11 is 0. The first kappa shape index (κ1) is 17.8. The zero-order valence-corrected chi connectivity index (χ0v) is 16.3. The number of carbonyl (C=O) groups excluding carboxylic acids is 1. The predicted octanol–water partition coefficient (Wildman–Crippen LogP) is 2.15. The van der Waals surface area contributed by atoms with E-state index >= 15 is 0 Å². The van der Waals surface area contributed by atoms with Gasteiger partial charge in [-0.05, 0) is 50.5 Å². The van der Waals surface area contributed by atoms with Crippen molar-refractivity contribution in [1.82, 2.24) is 15.8 Å². The van der Waals surface area contributed by atoms with Crippen molar-refractivity contribution < 1.29 is 14.3 Å². The molecule has 6 rings (SSSR count). The number of rotatable bonds is 2. The molecule has 1 aromatic rings. The van der Waals surface area contributed by atoms with E-state index in [0.29, 0.717) is 24.3 Å². The van der Waals surface area contributed by atoms with E-state index in [-0.39, 0.29) is 11.9 Å². The van der Waals surface area contributed by atoms with Crippen molar-refractivity contribution in [2.75, 3.05) is 19.8 Å². The number of benzene rings is 1. The molecule has 3 aliphatic heterocycles. The molecule has 1 spiro atoms. The highest BCUT2D eigenvalue weighted by Gasteiger charge is 2.47. The van der Waals surface area contributed by atoms with Gasteiger partial charge in [-0.15, -0.1) is 0 Å². The number of para-hydroxylation sites is 1. The maximum Gasteiger partial charge on any atom is 0.301 e. The molecular formula is C21H28N4O3. The van der Waals surface area contributed by atoms with Crippen LogP contribution in [0.4, 0.5) is 0 Å². The van der Waals surface area contributed by atoms with Crippen LogP contribution in [0.3, 0.4) is 0 Å². The van der Waals surface area contributed by atoms with Crippen molar-refractivity contribution in [1.29, 1.82) is 0 Å². The van der Waals surface area contributed by atoms with E-state index in [0.717, 1.165) is 24.8 Å². The molecule has 0 bridgehead atoms. The number of hydrogen-bond donors (Lipinski definition) is 2. The summed E-state index contributed by atoms with van der Waals surface area (Å²) in [4.78, 5) is 18.4. The van der Waals surface area contributed by atoms with Crippen LogP contribution in [0.5, 0.6) is 5.75 Å². The van der Waals surface area contributed by atoms with Crippen molar-refractivity contribution in [2.24, 2.45) is 10.4 Å². The summed E-state index contributed by atoms with van der Waals surface area (Å²) in [7, 11) is 0. The van der Waals surface area contributed by atoms with Gasteiger partial charge in [-0.3, -0.25) is 10.2 Å². The molecule has 7 heteroatoms. The molecular weight excluding hydrogens is 356 g/mol. The molecule has 150 valence electrons. The lowest BCUT2D eigenvalue weighted by Crippen LogP contribution is -2.43. The number of nitrogens with one attached hydrogen (secondary N) is 2. The molecule has 1 amide bonds. The van der Waals surface area contributed by atoms with Gasteiger partial charge in [-0.25, -0.2) is 4.99 Å². The summed E-state index contributed by atoms with van der Waals surface area (Å²) in [5.41, 5.74) is 7.59. The summed E-state index contributed by atoms with van der Waals surface area (Å²) in [5, 5.41) is 0. The second-order valence-corrected chi connectivity index (χ2v) is 8.56. The summed E-state index contributed by atoms with van der Waals surface area (Å²) in [6, 6.07) is 8.38. The number of hydrazine groups is 1. The largest absolute Gasteiger partial charge is 0.489 e. The predicted molar refractivity (Wildman–Crippen MR) is 105 cm³/mol. The van der Waals surface area contributed by atoms with E-state index in [1.807, 2.05) is 17.9 Å². The molecule has 4 fully saturated rings. The van der Waals surface area contributed by atoms with Gasteiger partial charge in [-0.1, -0.05) is 18.2 Å². The van der Waals surface area contributed by atoms with E-state index in [1.165, 1.54) is 37.7 Å². The number of carbonyl (C=O) groups is 1. The Hall–Kier alpha value is -2.28. The first-order valence-electron chi connectivity index (χ1n) is 10.4. The Balaban J connectivity index is 0.000000142. The van der Waals surface area contributed by atoms with E-state index in [9.17, 15) is 4.79 Å². The van der Waals surface area contributed by atoms with Gasteiger partial charge in [0.05, 0.1) is 0 Å². The first-order chi connectivity index (χ1) is 13.6. The number of aliphatic imine (C=N–C) groups is 1. The number of ether oxygens (including phenoxy) is 2. The van der Waals surface area contributed by atoms with Crippen LogP contribution in [0.1, 0.15) is 50.5 Å². The average Bonchev–Trinajstić information content (AvgIpc) is 3.56. The summed E-state index contributed by atoms with van der Waals surface area (Å²) < 4.78 is 10.7. The van der Waals surface area contributed by atoms with Crippen LogP contribution in [-0.2, 0) is 9.53 Å². The van der Waals surface area contributed by atoms with Crippen LogP contribution in [0, 0.1) is 5.41 Å². The molecule has 2 aliphatic carbocycles. The third-order valence-corrected chi connectivity index (χ3v) is 6.57. The van der Waals surface area contributed by atoms with Gasteiger partial charge in [0, 0.05) is 24.6 Å². The summed E-state index contributed by atoms with van der Waals surface area (Å²) in [6.45, 7) is 3.99. The number of fused-ring (bicyclic) bond motifs is 3. The van der Waals surface area contributed by atoms with Crippen LogP contribution in [-0.4, -0.2) is 48.8 Å². The van der Waals surface area contributed by atoms with Gasteiger partial charge in [-0.2, -0.15) is 5.43 Å². The third kappa shape index (κ3) is 3.55. The lowest BCUT2D eigenvalue weighted by molar-refractivity contribution is -0.133. The molecule has 0 aromatic heterocycles. The van der Waals surface area contributed by atoms with Crippen molar-refractivity contribution in [2.45, 2.75) is 57.1 Å². The number of likely N-dealkylation sites (tertiary alicyclic amines) is 1. The van der Waals surface area contributed by atoms with Crippen LogP contribution < -0.4 is 15.6 Å². The van der Waals surface area contributed by atoms with Crippen molar-refractivity contribution in [3.63, 3.8) is 0 Å². The van der Waals surface area contributed by atoms with Crippen LogP contribution in [0.2, 0.25) is 0 Å². The molecule has 2 saturated carbocycles. The van der Waals surface area contributed by atoms with Gasteiger partial charge >= 0.3 is 6.02 Å². The van der Waals surface area contributed by atoms with Gasteiger partial charge in [0.2, 0.25) is 5.91 Å². The molecule has 3 unspecified atom stereocenters. The van der Waals surface area contributed by atoms with Gasteiger partial charge in [0.25, 0.3) is 0 Å². The molecule has 2 N–H and O–H groups in total. The molecule has 3 atom stereocenters. The minimum atomic E-state index is -0.374. The van der Waals surface area contributed by atoms with E-state index in [4.69, 9.17) is 9.47 Å². The maximum absolute atomic E-state index is 12.2. The zero-order chi connectivity index (χ0) is 19.1. The lowest BCUT2D eigenvalue weighted by Gasteiger charge is -2.33. The molecule has 1 aromatic carbocycles. The number of piperidine rings is 1. The minimum Gasteiger partial charge on any atom is -0.489 e. The normalized spacial score (nSPS) is 30.2. The quantitative estimate of drug-likeness (QED) is 0.817. The van der Waals surface area contributed by atoms with Gasteiger partial charge in [0.15, 0.2) is 6.73 Å². The van der Waals surface area contributed by atoms with Gasteiger partial charge in [0.1, 0.15) is 17.9 Å². The Morgan fingerprint density at radius 1 is 1.25 bits per heavy atom. The minimum absolute atomic E-state index is 0.107. The number of amidine groups is 1. The van der Waals surface area contributed by atoms with Crippen LogP contribution in [0.25, 0.3) is 0 Å². The summed E-state index contributed by atoms with van der Waals surface area (Å²) in [6.07, 6.45) is 6.83. The fourth-order valence-corrected chi connectivity index (χ4v) is 4.38. The van der Waals surface area contributed by atoms with Crippen molar-refractivity contribution >= 4 is 11.9 Å². The molecule has 0 radical (unpaired) electrons. The topological polar surface area (TPSA) is 75.2 Å². The number of hydrogen-bond acceptors (Lipinski definition) is 5. The first-order valence-corrected chi connectivity index (χ1v) is 10.4. The second-order valence-electron chi connectivity index (χ2n) is 8.56. The monoisotopic (exact) mass is 384 g/mol. The number of amides is 1. The van der Waals surface area contributed by atoms with Gasteiger partial charge < -0.3 is 14.4 Å². The molecule has 2 saturated heterocycles. The van der Waals surface area contributed by atoms with Crippen LogP contribution in [0.15, 0.2) is 29.3 Å². The molecule has 5 aliphatic rings. The van der Waals surface area contributed by atoms with Crippen LogP contribution >= 0.6 is 0 Å². The fourth-order valence-electron chi connectivity index (χ4n) is 4.38. The van der Waals surface area contributed by atoms with Crippen molar-refractivity contribution in [3.8, 4) is 5.75 Å². The Bertz CT molecular complexity index is 774. The molecule has 3 heterocycles. The lowest BCUT2D eigenvalue weighted by atomic mass is 9.93. The van der Waals surface area contributed by atoms with E-state index in [2.05, 4.69) is 34.0 Å². The highest BCUT2D eigenvalue weighted by molar-refractivity contribution is 5.85. The second kappa shape index (κ2) is 6.95. The third-order valence-electron chi connectivity index (χ3n) is 6.57. The fraction of sp³-hybridized carbons (Fsp3) is 0.619. The smallest absolute Gasteiger partial charge is 0.301 e. The SMILES string of the molecule is CC(N=C1NNCO1)C(=O)N1CCC2(CC1)CC2.c1ccc2c(c1)OC1CC21. The highest BCUT2D eigenvalue weighted by atomic mass is 16.5. The Kier molecular flexibility index (Phi) is 4.42. The molecule has 28 heavy (non-hydrogen) atoms. The van der Waals surface area contributed by atoms with E-state index in [1.54, 1.807) is 0 Å². The molecule has 7 nitrogen and oxygen atoms in total. The standard InChI is InChI=1S/C12H20N4O2.C9H8O/c1-9(14-11-15-13-8-18-11)10(17)16-6-4-12(2-3-12)5-7-16;1-2-4-8-6(3-1)7-5-9(7)10-8/h9,13H,2-8H2,1H3,(H,14,15);1-4,7,9H,5H2. The highest BCUT2D eigenvalue weighted by Crippen LogP contribution is 2.54. The average molecular weight is 384 g/mol. The Morgan fingerprint density at radius 2 is 2.04 bits per heavy atom. The number of nitrogens with zero attached hydrogens (tertiary/aromatic N) is 2.